The number of benzene rings is 2. The molecule has 148 valence electrons. The first kappa shape index (κ1) is 18.8. The van der Waals surface area contributed by atoms with Crippen LogP contribution >= 0.6 is 0 Å². The number of hydrogen-bond donors (Lipinski definition) is 2. The Morgan fingerprint density at radius 1 is 1.17 bits per heavy atom. The fraction of sp³-hybridized carbons (Fsp3) is 0.238. The van der Waals surface area contributed by atoms with Crippen molar-refractivity contribution in [3.8, 4) is 0 Å². The lowest BCUT2D eigenvalue weighted by atomic mass is 10.1. The van der Waals surface area contributed by atoms with Crippen molar-refractivity contribution < 1.29 is 14.0 Å². The maximum Gasteiger partial charge on any atom is 0.264 e. The van der Waals surface area contributed by atoms with Gasteiger partial charge >= 0.3 is 0 Å². The van der Waals surface area contributed by atoms with Crippen molar-refractivity contribution in [3.63, 3.8) is 0 Å². The second kappa shape index (κ2) is 7.46. The van der Waals surface area contributed by atoms with Gasteiger partial charge in [0.05, 0.1) is 10.9 Å². The van der Waals surface area contributed by atoms with Gasteiger partial charge in [0.1, 0.15) is 17.7 Å². The van der Waals surface area contributed by atoms with Gasteiger partial charge in [-0.3, -0.25) is 24.3 Å². The lowest BCUT2D eigenvalue weighted by Crippen LogP contribution is -2.45. The quantitative estimate of drug-likeness (QED) is 0.663. The van der Waals surface area contributed by atoms with Gasteiger partial charge in [-0.2, -0.15) is 0 Å². The zero-order chi connectivity index (χ0) is 20.5. The van der Waals surface area contributed by atoms with Gasteiger partial charge in [0.15, 0.2) is 0 Å². The number of piperidine rings is 1. The lowest BCUT2D eigenvalue weighted by Gasteiger charge is -2.24. The van der Waals surface area contributed by atoms with Crippen molar-refractivity contribution in [3.05, 3.63) is 70.0 Å². The molecule has 2 heterocycles. The van der Waals surface area contributed by atoms with Gasteiger partial charge in [-0.15, -0.1) is 0 Å². The second-order valence-corrected chi connectivity index (χ2v) is 6.98. The highest BCUT2D eigenvalue weighted by Gasteiger charge is 2.30. The van der Waals surface area contributed by atoms with Gasteiger partial charge in [0.2, 0.25) is 11.8 Å². The van der Waals surface area contributed by atoms with E-state index < -0.39 is 11.9 Å². The minimum absolute atomic E-state index is 0.171. The Balaban J connectivity index is 1.74. The molecule has 3 aromatic rings. The van der Waals surface area contributed by atoms with Gasteiger partial charge in [0.25, 0.3) is 5.56 Å². The Hall–Kier alpha value is -3.55. The first-order valence-corrected chi connectivity index (χ1v) is 9.28. The topological polar surface area (TPSA) is 93.1 Å². The van der Waals surface area contributed by atoms with E-state index in [1.165, 1.54) is 16.7 Å². The van der Waals surface area contributed by atoms with Crippen LogP contribution in [0.1, 0.15) is 30.3 Å². The summed E-state index contributed by atoms with van der Waals surface area (Å²) in [5.41, 5.74) is 1.60. The summed E-state index contributed by atoms with van der Waals surface area (Å²) in [7, 11) is 0. The first-order chi connectivity index (χ1) is 13.9. The van der Waals surface area contributed by atoms with Crippen LogP contribution in [0.15, 0.2) is 47.3 Å². The molecule has 4 rings (SSSR count). The fourth-order valence-corrected chi connectivity index (χ4v) is 3.60. The van der Waals surface area contributed by atoms with Crippen molar-refractivity contribution in [1.29, 1.82) is 0 Å². The average Bonchev–Trinajstić information content (AvgIpc) is 2.69. The summed E-state index contributed by atoms with van der Waals surface area (Å²) in [5, 5.41) is 5.85. The maximum absolute atomic E-state index is 13.3. The van der Waals surface area contributed by atoms with Gasteiger partial charge < -0.3 is 5.32 Å². The first-order valence-electron chi connectivity index (χ1n) is 9.28. The van der Waals surface area contributed by atoms with Crippen LogP contribution in [0.25, 0.3) is 10.9 Å². The highest BCUT2D eigenvalue weighted by molar-refractivity contribution is 5.99. The van der Waals surface area contributed by atoms with Crippen LogP contribution in [-0.2, 0) is 16.1 Å². The number of nitrogens with one attached hydrogen (secondary N) is 2. The molecule has 2 aromatic carbocycles. The Labute approximate surface area is 165 Å². The van der Waals surface area contributed by atoms with E-state index in [2.05, 4.69) is 15.6 Å². The predicted molar refractivity (Wildman–Crippen MR) is 106 cm³/mol. The summed E-state index contributed by atoms with van der Waals surface area (Å²) in [6.07, 6.45) is 0.425. The summed E-state index contributed by atoms with van der Waals surface area (Å²) >= 11 is 0. The Morgan fingerprint density at radius 2 is 1.93 bits per heavy atom. The van der Waals surface area contributed by atoms with E-state index in [4.69, 9.17) is 0 Å². The number of halogens is 1. The normalized spacial score (nSPS) is 16.7. The smallest absolute Gasteiger partial charge is 0.264 e. The summed E-state index contributed by atoms with van der Waals surface area (Å²) in [5.74, 6) is -0.741. The number of imide groups is 1. The predicted octanol–water partition coefficient (Wildman–Crippen LogP) is 2.43. The van der Waals surface area contributed by atoms with E-state index in [0.717, 1.165) is 5.56 Å². The van der Waals surface area contributed by atoms with E-state index in [9.17, 15) is 18.8 Å². The molecule has 29 heavy (non-hydrogen) atoms. The number of carbonyl (C=O) groups is 2. The molecule has 1 atom stereocenters. The van der Waals surface area contributed by atoms with Crippen LogP contribution in [0.3, 0.4) is 0 Å². The van der Waals surface area contributed by atoms with Gasteiger partial charge in [-0.25, -0.2) is 9.37 Å². The molecule has 1 fully saturated rings. The third-order valence-corrected chi connectivity index (χ3v) is 5.02. The minimum atomic E-state index is -0.776. The van der Waals surface area contributed by atoms with E-state index in [1.807, 2.05) is 0 Å². The molecule has 2 N–H and O–H groups in total. The van der Waals surface area contributed by atoms with Crippen molar-refractivity contribution in [2.24, 2.45) is 0 Å². The maximum atomic E-state index is 13.3. The number of fused-ring (bicyclic) bond motifs is 1. The second-order valence-electron chi connectivity index (χ2n) is 6.98. The fourth-order valence-electron chi connectivity index (χ4n) is 3.60. The van der Waals surface area contributed by atoms with Gasteiger partial charge in [0, 0.05) is 18.7 Å². The summed E-state index contributed by atoms with van der Waals surface area (Å²) in [4.78, 5) is 41.6. The van der Waals surface area contributed by atoms with Crippen molar-refractivity contribution in [2.45, 2.75) is 32.4 Å². The van der Waals surface area contributed by atoms with E-state index in [1.54, 1.807) is 37.3 Å². The van der Waals surface area contributed by atoms with Crippen LogP contribution in [0.2, 0.25) is 0 Å². The molecule has 1 aromatic heterocycles. The van der Waals surface area contributed by atoms with Crippen LogP contribution in [-0.4, -0.2) is 21.4 Å². The van der Waals surface area contributed by atoms with Crippen molar-refractivity contribution in [2.75, 3.05) is 5.32 Å². The molecule has 0 spiro atoms. The van der Waals surface area contributed by atoms with Crippen LogP contribution < -0.4 is 16.2 Å². The number of nitrogens with zero attached hydrogens (tertiary/aromatic N) is 2. The number of anilines is 1. The van der Waals surface area contributed by atoms with E-state index in [0.29, 0.717) is 29.0 Å². The molecular formula is C21H19FN4O3. The van der Waals surface area contributed by atoms with Crippen LogP contribution in [0.5, 0.6) is 0 Å². The molecule has 7 nitrogen and oxygen atoms in total. The lowest BCUT2D eigenvalue weighted by molar-refractivity contribution is -0.135. The molecule has 2 amide bonds. The summed E-state index contributed by atoms with van der Waals surface area (Å²) in [6.45, 7) is 2.06. The molecular weight excluding hydrogens is 375 g/mol. The number of carbonyl (C=O) groups excluding carboxylic acids is 2. The number of aryl methyl sites for hydroxylation is 1. The van der Waals surface area contributed by atoms with Crippen molar-refractivity contribution in [1.82, 2.24) is 14.9 Å². The minimum Gasteiger partial charge on any atom is -0.380 e. The molecule has 0 saturated carbocycles. The zero-order valence-electron chi connectivity index (χ0n) is 15.7. The average molecular weight is 394 g/mol. The molecule has 1 saturated heterocycles. The van der Waals surface area contributed by atoms with E-state index >= 15 is 0 Å². The molecule has 8 heteroatoms. The molecule has 0 radical (unpaired) electrons. The van der Waals surface area contributed by atoms with Crippen LogP contribution in [0.4, 0.5) is 10.1 Å². The Kier molecular flexibility index (Phi) is 4.84. The number of hydrogen-bond acceptors (Lipinski definition) is 5. The van der Waals surface area contributed by atoms with Crippen LogP contribution in [0, 0.1) is 12.7 Å². The molecule has 1 unspecified atom stereocenters. The molecule has 0 bridgehead atoms. The SMILES string of the molecule is Cc1nc2cccc(NCc3ccc(F)cc3)c2c(=O)n1C1CCC(=O)NC1=O. The monoisotopic (exact) mass is 394 g/mol. The van der Waals surface area contributed by atoms with Gasteiger partial charge in [-0.05, 0) is 43.2 Å². The standard InChI is InChI=1S/C21H19FN4O3/c1-12-24-16-4-2-3-15(23-11-13-5-7-14(22)8-6-13)19(16)21(29)26(12)17-9-10-18(27)25-20(17)28/h2-8,17,23H,9-11H2,1H3,(H,25,27,28). The summed E-state index contributed by atoms with van der Waals surface area (Å²) < 4.78 is 14.5. The Bertz CT molecular complexity index is 1170. The summed E-state index contributed by atoms with van der Waals surface area (Å²) in [6, 6.07) is 10.6. The number of aromatic nitrogens is 2. The molecule has 0 aliphatic carbocycles. The third-order valence-electron chi connectivity index (χ3n) is 5.02. The molecule has 1 aliphatic heterocycles. The Morgan fingerprint density at radius 3 is 2.66 bits per heavy atom. The number of rotatable bonds is 4. The highest BCUT2D eigenvalue weighted by atomic mass is 19.1. The van der Waals surface area contributed by atoms with Crippen molar-refractivity contribution >= 4 is 28.4 Å². The van der Waals surface area contributed by atoms with E-state index in [-0.39, 0.29) is 30.1 Å². The highest BCUT2D eigenvalue weighted by Crippen LogP contribution is 2.23. The zero-order valence-corrected chi connectivity index (χ0v) is 15.7. The molecule has 1 aliphatic rings. The number of amides is 2. The van der Waals surface area contributed by atoms with Gasteiger partial charge in [-0.1, -0.05) is 18.2 Å². The third kappa shape index (κ3) is 3.61. The largest absolute Gasteiger partial charge is 0.380 e.